The summed E-state index contributed by atoms with van der Waals surface area (Å²) in [5.41, 5.74) is 1.16. The molecule has 0 aliphatic carbocycles. The van der Waals surface area contributed by atoms with Gasteiger partial charge in [-0.1, -0.05) is 12.1 Å². The Morgan fingerprint density at radius 1 is 1.17 bits per heavy atom. The zero-order valence-electron chi connectivity index (χ0n) is 12.9. The molecule has 2 aromatic heterocycles. The summed E-state index contributed by atoms with van der Waals surface area (Å²) in [5.74, 6) is -0.256. The van der Waals surface area contributed by atoms with E-state index in [1.165, 1.54) is 24.7 Å². The molecule has 7 nitrogen and oxygen atoms in total. The van der Waals surface area contributed by atoms with E-state index in [4.69, 9.17) is 4.42 Å². The Labute approximate surface area is 137 Å². The van der Waals surface area contributed by atoms with Crippen LogP contribution in [-0.4, -0.2) is 29.0 Å². The quantitative estimate of drug-likeness (QED) is 0.530. The van der Waals surface area contributed by atoms with Gasteiger partial charge in [0.15, 0.2) is 0 Å². The Balaban J connectivity index is 1.52. The highest BCUT2D eigenvalue weighted by Crippen LogP contribution is 2.20. The van der Waals surface area contributed by atoms with Crippen LogP contribution in [0.3, 0.4) is 0 Å². The molecule has 1 aromatic carbocycles. The third-order valence-electron chi connectivity index (χ3n) is 3.40. The molecule has 24 heavy (non-hydrogen) atoms. The molecule has 0 saturated carbocycles. The summed E-state index contributed by atoms with van der Waals surface area (Å²) < 4.78 is 5.14. The summed E-state index contributed by atoms with van der Waals surface area (Å²) in [6, 6.07) is 8.77. The van der Waals surface area contributed by atoms with Crippen molar-refractivity contribution < 1.29 is 9.21 Å². The first kappa shape index (κ1) is 15.7. The molecule has 0 spiro atoms. The fraction of sp³-hybridized carbons (Fsp3) is 0.176. The van der Waals surface area contributed by atoms with Gasteiger partial charge in [0.2, 0.25) is 0 Å². The topological polar surface area (TPSA) is 97.1 Å². The smallest absolute Gasteiger partial charge is 0.338 e. The first-order valence-corrected chi connectivity index (χ1v) is 7.55. The van der Waals surface area contributed by atoms with E-state index in [1.54, 1.807) is 6.07 Å². The van der Waals surface area contributed by atoms with E-state index in [1.807, 2.05) is 18.2 Å². The largest absolute Gasteiger partial charge is 0.423 e. The van der Waals surface area contributed by atoms with Crippen LogP contribution in [0.1, 0.15) is 16.9 Å². The number of benzene rings is 1. The van der Waals surface area contributed by atoms with Gasteiger partial charge in [0.25, 0.3) is 5.91 Å². The van der Waals surface area contributed by atoms with Crippen LogP contribution in [-0.2, 0) is 0 Å². The standard InChI is InChI=1S/C17H16N4O3/c22-16-10-13(12-4-1-2-5-15(12)24-16)19-6-3-7-21-17(23)14-11-18-8-9-20-14/h1-2,4-5,8-11,19H,3,6-7H2,(H,21,23). The van der Waals surface area contributed by atoms with Gasteiger partial charge in [-0.2, -0.15) is 0 Å². The minimum Gasteiger partial charge on any atom is -0.423 e. The Morgan fingerprint density at radius 3 is 2.88 bits per heavy atom. The molecule has 0 aliphatic rings. The SMILES string of the molecule is O=C(NCCCNc1cc(=O)oc2ccccc12)c1cnccn1. The van der Waals surface area contributed by atoms with Gasteiger partial charge in [-0.15, -0.1) is 0 Å². The predicted octanol–water partition coefficient (Wildman–Crippen LogP) is 1.81. The molecule has 0 atom stereocenters. The highest BCUT2D eigenvalue weighted by Gasteiger charge is 2.06. The normalized spacial score (nSPS) is 10.5. The Morgan fingerprint density at radius 2 is 2.04 bits per heavy atom. The van der Waals surface area contributed by atoms with Gasteiger partial charge in [-0.05, 0) is 18.6 Å². The Bertz CT molecular complexity index is 893. The number of rotatable bonds is 6. The predicted molar refractivity (Wildman–Crippen MR) is 90.0 cm³/mol. The van der Waals surface area contributed by atoms with Crippen LogP contribution in [0, 0.1) is 0 Å². The van der Waals surface area contributed by atoms with Crippen molar-refractivity contribution in [2.75, 3.05) is 18.4 Å². The van der Waals surface area contributed by atoms with Crippen molar-refractivity contribution in [3.05, 3.63) is 65.0 Å². The van der Waals surface area contributed by atoms with Gasteiger partial charge in [0, 0.05) is 36.9 Å². The number of aromatic nitrogens is 2. The summed E-state index contributed by atoms with van der Waals surface area (Å²) in [7, 11) is 0. The number of nitrogens with zero attached hydrogens (tertiary/aromatic N) is 2. The maximum absolute atomic E-state index is 11.8. The lowest BCUT2D eigenvalue weighted by molar-refractivity contribution is 0.0948. The van der Waals surface area contributed by atoms with E-state index in [2.05, 4.69) is 20.6 Å². The summed E-state index contributed by atoms with van der Waals surface area (Å²) in [5, 5.41) is 6.82. The fourth-order valence-electron chi connectivity index (χ4n) is 2.28. The lowest BCUT2D eigenvalue weighted by Gasteiger charge is -2.09. The molecule has 0 bridgehead atoms. The molecule has 2 heterocycles. The van der Waals surface area contributed by atoms with Crippen LogP contribution in [0.4, 0.5) is 5.69 Å². The molecule has 2 N–H and O–H groups in total. The molecule has 0 unspecified atom stereocenters. The van der Waals surface area contributed by atoms with Gasteiger partial charge in [0.05, 0.1) is 11.9 Å². The molecular formula is C17H16N4O3. The third-order valence-corrected chi connectivity index (χ3v) is 3.40. The second-order valence-electron chi connectivity index (χ2n) is 5.10. The molecule has 0 fully saturated rings. The van der Waals surface area contributed by atoms with E-state index in [-0.39, 0.29) is 11.6 Å². The van der Waals surface area contributed by atoms with E-state index >= 15 is 0 Å². The van der Waals surface area contributed by atoms with E-state index in [0.29, 0.717) is 25.1 Å². The molecule has 122 valence electrons. The summed E-state index contributed by atoms with van der Waals surface area (Å²) >= 11 is 0. The van der Waals surface area contributed by atoms with Gasteiger partial charge in [0.1, 0.15) is 11.3 Å². The Kier molecular flexibility index (Phi) is 4.81. The second-order valence-corrected chi connectivity index (χ2v) is 5.10. The summed E-state index contributed by atoms with van der Waals surface area (Å²) in [6.45, 7) is 1.09. The van der Waals surface area contributed by atoms with Gasteiger partial charge in [-0.25, -0.2) is 9.78 Å². The van der Waals surface area contributed by atoms with Crippen LogP contribution in [0.2, 0.25) is 0 Å². The van der Waals surface area contributed by atoms with Crippen LogP contribution in [0.25, 0.3) is 11.0 Å². The summed E-state index contributed by atoms with van der Waals surface area (Å²) in [6.07, 6.45) is 5.10. The first-order chi connectivity index (χ1) is 11.7. The maximum atomic E-state index is 11.8. The van der Waals surface area contributed by atoms with Crippen LogP contribution < -0.4 is 16.3 Å². The average molecular weight is 324 g/mol. The number of carbonyl (C=O) groups is 1. The highest BCUT2D eigenvalue weighted by molar-refractivity contribution is 5.91. The van der Waals surface area contributed by atoms with Crippen molar-refractivity contribution in [3.63, 3.8) is 0 Å². The van der Waals surface area contributed by atoms with Crippen molar-refractivity contribution in [2.24, 2.45) is 0 Å². The number of fused-ring (bicyclic) bond motifs is 1. The van der Waals surface area contributed by atoms with Crippen molar-refractivity contribution in [3.8, 4) is 0 Å². The molecule has 1 amide bonds. The highest BCUT2D eigenvalue weighted by atomic mass is 16.4. The minimum atomic E-state index is -0.396. The molecule has 0 saturated heterocycles. The molecule has 3 aromatic rings. The monoisotopic (exact) mass is 324 g/mol. The number of anilines is 1. The van der Waals surface area contributed by atoms with Crippen molar-refractivity contribution in [1.82, 2.24) is 15.3 Å². The zero-order valence-corrected chi connectivity index (χ0v) is 12.9. The van der Waals surface area contributed by atoms with Crippen molar-refractivity contribution in [1.29, 1.82) is 0 Å². The maximum Gasteiger partial charge on any atom is 0.338 e. The van der Waals surface area contributed by atoms with Crippen LogP contribution >= 0.6 is 0 Å². The molecular weight excluding hydrogens is 308 g/mol. The van der Waals surface area contributed by atoms with Crippen molar-refractivity contribution in [2.45, 2.75) is 6.42 Å². The van der Waals surface area contributed by atoms with Crippen LogP contribution in [0.15, 0.2) is 58.1 Å². The third kappa shape index (κ3) is 3.75. The second kappa shape index (κ2) is 7.36. The summed E-state index contributed by atoms with van der Waals surface area (Å²) in [4.78, 5) is 31.2. The number of nitrogens with one attached hydrogen (secondary N) is 2. The number of carbonyl (C=O) groups excluding carboxylic acids is 1. The van der Waals surface area contributed by atoms with E-state index in [9.17, 15) is 9.59 Å². The van der Waals surface area contributed by atoms with Crippen molar-refractivity contribution >= 4 is 22.6 Å². The number of hydrogen-bond acceptors (Lipinski definition) is 6. The Hall–Kier alpha value is -3.22. The van der Waals surface area contributed by atoms with E-state index in [0.717, 1.165) is 11.1 Å². The van der Waals surface area contributed by atoms with E-state index < -0.39 is 5.63 Å². The number of amides is 1. The van der Waals surface area contributed by atoms with Gasteiger partial charge < -0.3 is 15.1 Å². The molecule has 3 rings (SSSR count). The van der Waals surface area contributed by atoms with Gasteiger partial charge in [-0.3, -0.25) is 9.78 Å². The molecule has 0 aliphatic heterocycles. The lowest BCUT2D eigenvalue weighted by atomic mass is 10.2. The average Bonchev–Trinajstić information content (AvgIpc) is 2.61. The first-order valence-electron chi connectivity index (χ1n) is 7.55. The molecule has 7 heteroatoms. The lowest BCUT2D eigenvalue weighted by Crippen LogP contribution is -2.26. The van der Waals surface area contributed by atoms with Gasteiger partial charge >= 0.3 is 5.63 Å². The number of hydrogen-bond donors (Lipinski definition) is 2. The minimum absolute atomic E-state index is 0.256. The zero-order chi connectivity index (χ0) is 16.8. The fourth-order valence-corrected chi connectivity index (χ4v) is 2.28. The molecule has 0 radical (unpaired) electrons. The number of para-hydroxylation sites is 1. The van der Waals surface area contributed by atoms with Crippen LogP contribution in [0.5, 0.6) is 0 Å².